The van der Waals surface area contributed by atoms with E-state index in [0.717, 1.165) is 11.8 Å². The van der Waals surface area contributed by atoms with Crippen LogP contribution in [0, 0.1) is 11.8 Å². The SMILES string of the molecule is CC.CC(C)C.CC(C)C.[2HH]. The highest BCUT2D eigenvalue weighted by molar-refractivity contribution is 4.21. The van der Waals surface area contributed by atoms with Gasteiger partial charge in [-0.3, -0.25) is 0 Å². The van der Waals surface area contributed by atoms with Crippen molar-refractivity contribution in [3.8, 4) is 0 Å². The van der Waals surface area contributed by atoms with Gasteiger partial charge >= 0.3 is 0 Å². The Balaban J connectivity index is -0.0000000339. The Morgan fingerprint density at radius 3 is 0.600 bits per heavy atom. The average Bonchev–Trinajstić information content (AvgIpc) is 1.66. The standard InChI is InChI=1S/2C4H10.C2H6.H2/c2*1-4(2)3;1-2;/h2*4H,1-3H3;1-2H3;1H/i;;;1+1. The third-order valence-electron chi connectivity index (χ3n) is 0. The molecule has 0 spiro atoms. The minimum Gasteiger partial charge on any atom is -0.0683 e. The summed E-state index contributed by atoms with van der Waals surface area (Å²) in [6.07, 6.45) is 0. The van der Waals surface area contributed by atoms with E-state index in [1.165, 1.54) is 0 Å². The van der Waals surface area contributed by atoms with Crippen LogP contribution in [0.25, 0.3) is 0 Å². The lowest BCUT2D eigenvalue weighted by Gasteiger charge is -1.79. The maximum atomic E-state index is 2.17. The van der Waals surface area contributed by atoms with Gasteiger partial charge in [0.05, 0.1) is 0 Å². The second-order valence-electron chi connectivity index (χ2n) is 3.46. The number of hydrogen-bond donors (Lipinski definition) is 0. The fourth-order valence-corrected chi connectivity index (χ4v) is 0. The summed E-state index contributed by atoms with van der Waals surface area (Å²) in [4.78, 5) is 0. The van der Waals surface area contributed by atoms with Gasteiger partial charge in [0.15, 0.2) is 0 Å². The van der Waals surface area contributed by atoms with Crippen molar-refractivity contribution in [2.24, 2.45) is 11.8 Å². The van der Waals surface area contributed by atoms with Gasteiger partial charge in [-0.15, -0.1) is 0 Å². The van der Waals surface area contributed by atoms with Crippen LogP contribution in [0.2, 0.25) is 0 Å². The van der Waals surface area contributed by atoms with E-state index in [0.29, 0.717) is 0 Å². The van der Waals surface area contributed by atoms with E-state index < -0.39 is 0 Å². The summed E-state index contributed by atoms with van der Waals surface area (Å²) < 4.78 is 0. The molecular formula is C10H28. The fraction of sp³-hybridized carbons (Fsp3) is 1.00. The van der Waals surface area contributed by atoms with Gasteiger partial charge in [0.25, 0.3) is 0 Å². The molecule has 0 heterocycles. The van der Waals surface area contributed by atoms with Gasteiger partial charge in [0.1, 0.15) is 0 Å². The fourth-order valence-electron chi connectivity index (χ4n) is 0. The smallest absolute Gasteiger partial charge is 0 e. The largest absolute Gasteiger partial charge is 0.0683 e. The first-order valence-corrected chi connectivity index (χ1v) is 4.46. The summed E-state index contributed by atoms with van der Waals surface area (Å²) in [5.74, 6) is 1.67. The molecule has 0 N–H and O–H groups in total. The maximum Gasteiger partial charge on any atom is 0 e. The molecule has 0 saturated heterocycles. The van der Waals surface area contributed by atoms with Crippen molar-refractivity contribution < 1.29 is 1.43 Å². The van der Waals surface area contributed by atoms with Gasteiger partial charge in [-0.1, -0.05) is 55.4 Å². The molecule has 0 atom stereocenters. The van der Waals surface area contributed by atoms with Crippen LogP contribution >= 0.6 is 0 Å². The first-order chi connectivity index (χ1) is 4.46. The zero-order valence-corrected chi connectivity index (χ0v) is 9.15. The average molecular weight is 149 g/mol. The summed E-state index contributed by atoms with van der Waals surface area (Å²) in [5.41, 5.74) is 0. The lowest BCUT2D eigenvalue weighted by molar-refractivity contribution is 0.736. The van der Waals surface area contributed by atoms with Crippen LogP contribution in [-0.2, 0) is 0 Å². The van der Waals surface area contributed by atoms with E-state index in [1.54, 1.807) is 0 Å². The van der Waals surface area contributed by atoms with E-state index in [2.05, 4.69) is 41.5 Å². The predicted octanol–water partition coefficient (Wildman–Crippen LogP) is 4.60. The topological polar surface area (TPSA) is 0 Å². The second kappa shape index (κ2) is 16.0. The van der Waals surface area contributed by atoms with Crippen LogP contribution in [-0.4, -0.2) is 0 Å². The minimum absolute atomic E-state index is 0. The van der Waals surface area contributed by atoms with Gasteiger partial charge in [0, 0.05) is 1.43 Å². The van der Waals surface area contributed by atoms with Crippen molar-refractivity contribution >= 4 is 0 Å². The molecule has 0 nitrogen and oxygen atoms in total. The molecule has 0 amide bonds. The van der Waals surface area contributed by atoms with Gasteiger partial charge in [-0.2, -0.15) is 0 Å². The monoisotopic (exact) mass is 149 g/mol. The van der Waals surface area contributed by atoms with Crippen molar-refractivity contribution in [2.75, 3.05) is 0 Å². The third-order valence-corrected chi connectivity index (χ3v) is 0. The van der Waals surface area contributed by atoms with Gasteiger partial charge in [-0.25, -0.2) is 0 Å². The Kier molecular flexibility index (Phi) is 26.4. The van der Waals surface area contributed by atoms with Crippen LogP contribution in [0.3, 0.4) is 0 Å². The highest BCUT2D eigenvalue weighted by atomic mass is 13.7. The first kappa shape index (κ1) is 16.5. The molecule has 0 aromatic heterocycles. The quantitative estimate of drug-likeness (QED) is 0.472. The van der Waals surface area contributed by atoms with Crippen LogP contribution < -0.4 is 0 Å². The lowest BCUT2D eigenvalue weighted by atomic mass is 10.3. The normalized spacial score (nSPS) is 7.80. The van der Waals surface area contributed by atoms with E-state index in [-0.39, 0.29) is 1.43 Å². The summed E-state index contributed by atoms with van der Waals surface area (Å²) >= 11 is 0. The summed E-state index contributed by atoms with van der Waals surface area (Å²) in [7, 11) is 0. The highest BCUT2D eigenvalue weighted by Crippen LogP contribution is 1.81. The van der Waals surface area contributed by atoms with E-state index in [1.807, 2.05) is 13.8 Å². The Morgan fingerprint density at radius 2 is 0.600 bits per heavy atom. The van der Waals surface area contributed by atoms with Gasteiger partial charge < -0.3 is 0 Å². The molecule has 0 unspecified atom stereocenters. The lowest BCUT2D eigenvalue weighted by Crippen LogP contribution is -1.66. The maximum absolute atomic E-state index is 2.17. The summed E-state index contributed by atoms with van der Waals surface area (Å²) in [6, 6.07) is 0. The molecule has 0 bridgehead atoms. The molecule has 0 saturated carbocycles. The molecule has 68 valence electrons. The number of rotatable bonds is 0. The first-order valence-electron chi connectivity index (χ1n) is 4.46. The van der Waals surface area contributed by atoms with E-state index in [9.17, 15) is 0 Å². The molecule has 10 heavy (non-hydrogen) atoms. The minimum atomic E-state index is 0. The molecule has 0 aliphatic heterocycles. The molecule has 0 aliphatic rings. The van der Waals surface area contributed by atoms with Crippen molar-refractivity contribution in [1.82, 2.24) is 0 Å². The Morgan fingerprint density at radius 1 is 0.600 bits per heavy atom. The van der Waals surface area contributed by atoms with Gasteiger partial charge in [-0.05, 0) is 11.8 Å². The van der Waals surface area contributed by atoms with Crippen molar-refractivity contribution in [3.05, 3.63) is 0 Å². The Bertz CT molecular complexity index is 20.3. The summed E-state index contributed by atoms with van der Waals surface area (Å²) in [5, 5.41) is 0. The van der Waals surface area contributed by atoms with E-state index >= 15 is 0 Å². The van der Waals surface area contributed by atoms with Crippen molar-refractivity contribution in [3.63, 3.8) is 0 Å². The third kappa shape index (κ3) is 0. The number of hydrogen-bond acceptors (Lipinski definition) is 0. The van der Waals surface area contributed by atoms with Crippen molar-refractivity contribution in [2.45, 2.75) is 55.4 Å². The van der Waals surface area contributed by atoms with E-state index in [4.69, 9.17) is 0 Å². The van der Waals surface area contributed by atoms with Gasteiger partial charge in [0.2, 0.25) is 0 Å². The molecule has 0 rings (SSSR count). The molecule has 0 fully saturated rings. The predicted molar refractivity (Wildman–Crippen MR) is 54.5 cm³/mol. The molecule has 0 aromatic rings. The zero-order chi connectivity index (χ0) is 9.15. The highest BCUT2D eigenvalue weighted by Gasteiger charge is 1.68. The Labute approximate surface area is 69.5 Å². The molecular weight excluding hydrogens is 120 g/mol. The summed E-state index contributed by atoms with van der Waals surface area (Å²) in [6.45, 7) is 17.0. The molecule has 0 heteroatoms. The van der Waals surface area contributed by atoms with Crippen LogP contribution in [0.15, 0.2) is 0 Å². The van der Waals surface area contributed by atoms with Crippen LogP contribution in [0.1, 0.15) is 56.8 Å². The van der Waals surface area contributed by atoms with Crippen LogP contribution in [0.5, 0.6) is 0 Å². The molecule has 0 radical (unpaired) electrons. The van der Waals surface area contributed by atoms with Crippen molar-refractivity contribution in [1.29, 1.82) is 0 Å². The Hall–Kier alpha value is 0. The second-order valence-corrected chi connectivity index (χ2v) is 3.46. The zero-order valence-electron chi connectivity index (χ0n) is 9.15. The van der Waals surface area contributed by atoms with Crippen LogP contribution in [0.4, 0.5) is 0 Å². The molecule has 0 aromatic carbocycles. The molecule has 0 aliphatic carbocycles.